The van der Waals surface area contributed by atoms with Crippen molar-refractivity contribution in [3.05, 3.63) is 53.1 Å². The van der Waals surface area contributed by atoms with Crippen molar-refractivity contribution in [1.29, 1.82) is 0 Å². The van der Waals surface area contributed by atoms with Gasteiger partial charge in [-0.1, -0.05) is 0 Å². The maximum absolute atomic E-state index is 6.13. The highest BCUT2D eigenvalue weighted by Crippen LogP contribution is 2.45. The largest absolute Gasteiger partial charge is 0.374 e. The predicted molar refractivity (Wildman–Crippen MR) is 141 cm³/mol. The molecule has 0 spiro atoms. The fraction of sp³-hybridized carbons (Fsp3) is 0.500. The Hall–Kier alpha value is -3.10. The predicted octanol–water partition coefficient (Wildman–Crippen LogP) is 4.05. The Morgan fingerprint density at radius 3 is 2.81 bits per heavy atom. The van der Waals surface area contributed by atoms with Crippen LogP contribution in [0.15, 0.2) is 40.7 Å². The molecule has 0 amide bonds. The number of piperazine rings is 1. The molecule has 0 unspecified atom stereocenters. The van der Waals surface area contributed by atoms with Crippen LogP contribution in [-0.4, -0.2) is 70.8 Å². The number of nitrogens with zero attached hydrogens (tertiary/aromatic N) is 5. The first-order chi connectivity index (χ1) is 17.8. The summed E-state index contributed by atoms with van der Waals surface area (Å²) in [4.78, 5) is 24.8. The maximum Gasteiger partial charge on any atom is 0.137 e. The zero-order valence-electron chi connectivity index (χ0n) is 20.6. The van der Waals surface area contributed by atoms with Crippen LogP contribution in [-0.2, 0) is 11.3 Å². The van der Waals surface area contributed by atoms with Crippen molar-refractivity contribution in [3.8, 4) is 0 Å². The molecule has 4 aliphatic rings. The number of rotatable bonds is 6. The first kappa shape index (κ1) is 22.1. The van der Waals surface area contributed by atoms with Crippen molar-refractivity contribution in [2.24, 2.45) is 9.98 Å². The van der Waals surface area contributed by atoms with Gasteiger partial charge >= 0.3 is 0 Å². The second-order valence-corrected chi connectivity index (χ2v) is 10.6. The van der Waals surface area contributed by atoms with Crippen molar-refractivity contribution < 1.29 is 4.74 Å². The van der Waals surface area contributed by atoms with E-state index in [-0.39, 0.29) is 0 Å². The fourth-order valence-corrected chi connectivity index (χ4v) is 6.31. The van der Waals surface area contributed by atoms with Crippen LogP contribution in [0.25, 0.3) is 11.0 Å². The minimum atomic E-state index is 0.348. The molecule has 8 nitrogen and oxygen atoms in total. The molecule has 3 aromatic heterocycles. The van der Waals surface area contributed by atoms with Crippen molar-refractivity contribution in [2.75, 3.05) is 26.2 Å². The van der Waals surface area contributed by atoms with Gasteiger partial charge in [-0.25, -0.2) is 4.98 Å². The molecule has 8 heteroatoms. The van der Waals surface area contributed by atoms with Gasteiger partial charge < -0.3 is 19.9 Å². The molecule has 3 aliphatic heterocycles. The molecule has 3 aromatic rings. The van der Waals surface area contributed by atoms with Crippen molar-refractivity contribution in [1.82, 2.24) is 25.2 Å². The van der Waals surface area contributed by atoms with Crippen molar-refractivity contribution >= 4 is 29.3 Å². The molecular formula is C28H33N7O. The number of amidine groups is 1. The Bertz CT molecular complexity index is 1320. The van der Waals surface area contributed by atoms with Crippen molar-refractivity contribution in [2.45, 2.75) is 62.7 Å². The van der Waals surface area contributed by atoms with E-state index >= 15 is 0 Å². The molecule has 7 rings (SSSR count). The topological polar surface area (TPSA) is 90.8 Å². The van der Waals surface area contributed by atoms with E-state index in [2.05, 4.69) is 49.0 Å². The molecule has 0 aromatic carbocycles. The summed E-state index contributed by atoms with van der Waals surface area (Å²) in [6.07, 6.45) is 12.4. The smallest absolute Gasteiger partial charge is 0.137 e. The van der Waals surface area contributed by atoms with E-state index in [0.717, 1.165) is 67.1 Å². The lowest BCUT2D eigenvalue weighted by Crippen LogP contribution is -2.47. The van der Waals surface area contributed by atoms with Gasteiger partial charge in [0.05, 0.1) is 30.6 Å². The van der Waals surface area contributed by atoms with Crippen LogP contribution in [0.1, 0.15) is 66.3 Å². The van der Waals surface area contributed by atoms with E-state index in [1.807, 2.05) is 18.6 Å². The van der Waals surface area contributed by atoms with Gasteiger partial charge in [-0.2, -0.15) is 0 Å². The third-order valence-electron chi connectivity index (χ3n) is 8.33. The van der Waals surface area contributed by atoms with E-state index in [4.69, 9.17) is 9.73 Å². The Balaban J connectivity index is 1.27. The first-order valence-electron chi connectivity index (χ1n) is 13.4. The molecule has 3 saturated heterocycles. The maximum atomic E-state index is 6.13. The van der Waals surface area contributed by atoms with E-state index in [0.29, 0.717) is 30.6 Å². The van der Waals surface area contributed by atoms with E-state index in [1.165, 1.54) is 36.1 Å². The van der Waals surface area contributed by atoms with Gasteiger partial charge in [0.1, 0.15) is 11.5 Å². The lowest BCUT2D eigenvalue weighted by atomic mass is 9.87. The van der Waals surface area contributed by atoms with Gasteiger partial charge in [0, 0.05) is 61.1 Å². The van der Waals surface area contributed by atoms with Gasteiger partial charge in [-0.3, -0.25) is 15.0 Å². The monoisotopic (exact) mass is 483 g/mol. The molecule has 1 saturated carbocycles. The molecule has 0 radical (unpaired) electrons. The Labute approximate surface area is 211 Å². The average Bonchev–Trinajstić information content (AvgIpc) is 3.32. The van der Waals surface area contributed by atoms with Gasteiger partial charge in [-0.05, 0) is 68.0 Å². The summed E-state index contributed by atoms with van der Waals surface area (Å²) in [6, 6.07) is 4.41. The summed E-state index contributed by atoms with van der Waals surface area (Å²) < 4.78 is 6.13. The minimum Gasteiger partial charge on any atom is -0.374 e. The van der Waals surface area contributed by atoms with Crippen LogP contribution in [0.4, 0.5) is 5.69 Å². The molecule has 4 fully saturated rings. The Morgan fingerprint density at radius 1 is 1.17 bits per heavy atom. The first-order valence-corrected chi connectivity index (χ1v) is 13.4. The lowest BCUT2D eigenvalue weighted by molar-refractivity contribution is 0.100. The second-order valence-electron chi connectivity index (χ2n) is 10.6. The number of fused-ring (bicyclic) bond motifs is 3. The average molecular weight is 484 g/mol. The SMILES string of the molecule is C=Nc1cncc(C2CC2)c1C(=NCc1ccnc2[nH]c([C@@H]3C[C@H]4CC[C@@H]3O4)cc12)N1CCNCC1. The van der Waals surface area contributed by atoms with Gasteiger partial charge in [0.15, 0.2) is 0 Å². The molecule has 186 valence electrons. The summed E-state index contributed by atoms with van der Waals surface area (Å²) in [5, 5.41) is 4.64. The van der Waals surface area contributed by atoms with Crippen LogP contribution in [0, 0.1) is 0 Å². The molecule has 36 heavy (non-hydrogen) atoms. The lowest BCUT2D eigenvalue weighted by Gasteiger charge is -2.32. The van der Waals surface area contributed by atoms with Crippen molar-refractivity contribution in [3.63, 3.8) is 0 Å². The number of hydrogen-bond donors (Lipinski definition) is 2. The number of aromatic amines is 1. The van der Waals surface area contributed by atoms with E-state index < -0.39 is 0 Å². The number of H-pyrrole nitrogens is 1. The molecule has 3 atom stereocenters. The molecule has 6 heterocycles. The third-order valence-corrected chi connectivity index (χ3v) is 8.33. The minimum absolute atomic E-state index is 0.348. The summed E-state index contributed by atoms with van der Waals surface area (Å²) in [6.45, 7) is 8.19. The number of aromatic nitrogens is 3. The molecule has 1 aliphatic carbocycles. The molecule has 2 N–H and O–H groups in total. The number of ether oxygens (including phenoxy) is 1. The number of aliphatic imine (C=N–C) groups is 2. The third kappa shape index (κ3) is 3.92. The van der Waals surface area contributed by atoms with E-state index in [1.54, 1.807) is 0 Å². The van der Waals surface area contributed by atoms with Crippen LogP contribution in [0.3, 0.4) is 0 Å². The van der Waals surface area contributed by atoms with E-state index in [9.17, 15) is 0 Å². The summed E-state index contributed by atoms with van der Waals surface area (Å²) in [5.74, 6) is 2.02. The zero-order valence-corrected chi connectivity index (χ0v) is 20.6. The van der Waals surface area contributed by atoms with Gasteiger partial charge in [0.2, 0.25) is 0 Å². The fourth-order valence-electron chi connectivity index (χ4n) is 6.31. The summed E-state index contributed by atoms with van der Waals surface area (Å²) in [5.41, 5.74) is 6.60. The highest BCUT2D eigenvalue weighted by molar-refractivity contribution is 6.04. The second kappa shape index (κ2) is 9.09. The quantitative estimate of drug-likeness (QED) is 0.408. The standard InChI is InChI=1S/C28H33N7O/c1-29-24-16-31-15-22(17-2-3-17)26(24)28(35-10-8-30-9-11-35)33-14-18-6-7-32-27-20(18)13-23(34-27)21-12-19-4-5-25(21)36-19/h6-7,13,15-17,19,21,25,30H,1-5,8-12,14H2,(H,32,34)/t19-,21+,25+/m1/s1. The summed E-state index contributed by atoms with van der Waals surface area (Å²) >= 11 is 0. The summed E-state index contributed by atoms with van der Waals surface area (Å²) in [7, 11) is 0. The highest BCUT2D eigenvalue weighted by atomic mass is 16.5. The number of nitrogens with one attached hydrogen (secondary N) is 2. The zero-order chi connectivity index (χ0) is 24.1. The molecule has 2 bridgehead atoms. The van der Waals surface area contributed by atoms with Crippen LogP contribution >= 0.6 is 0 Å². The van der Waals surface area contributed by atoms with Crippen LogP contribution < -0.4 is 5.32 Å². The van der Waals surface area contributed by atoms with Crippen LogP contribution in [0.5, 0.6) is 0 Å². The van der Waals surface area contributed by atoms with Gasteiger partial charge in [0.25, 0.3) is 0 Å². The van der Waals surface area contributed by atoms with Gasteiger partial charge in [-0.15, -0.1) is 0 Å². The number of pyridine rings is 2. The molecular weight excluding hydrogens is 450 g/mol. The highest BCUT2D eigenvalue weighted by Gasteiger charge is 2.42. The Kier molecular flexibility index (Phi) is 5.58. The van der Waals surface area contributed by atoms with Crippen LogP contribution in [0.2, 0.25) is 0 Å². The Morgan fingerprint density at radius 2 is 2.06 bits per heavy atom. The normalized spacial score (nSPS) is 26.2. The number of hydrogen-bond acceptors (Lipinski definition) is 6.